The van der Waals surface area contributed by atoms with Crippen molar-refractivity contribution in [1.82, 2.24) is 10.2 Å². The minimum atomic E-state index is -0.423. The molecule has 1 heterocycles. The van der Waals surface area contributed by atoms with E-state index in [0.717, 1.165) is 48.3 Å². The van der Waals surface area contributed by atoms with E-state index < -0.39 is 5.82 Å². The number of hydrogen-bond donors (Lipinski definition) is 3. The standard InChI is InChI=1S/C26H26FN3O2/c27-19-3-6-24(31)21(10-19)23-11-22(29-30-23)18-1-4-20(5-2-18)28-25(32)26-12-15-7-16(13-26)9-17(8-15)14-26/h1-6,10-11,15-17,31H,7-9,12-14H2,(H,28,32)(H,29,30). The lowest BCUT2D eigenvalue weighted by Gasteiger charge is -2.55. The largest absolute Gasteiger partial charge is 0.507 e. The molecule has 1 aromatic heterocycles. The fraction of sp³-hybridized carbons (Fsp3) is 0.385. The molecule has 4 aliphatic carbocycles. The number of nitrogens with zero attached hydrogens (tertiary/aromatic N) is 1. The number of benzene rings is 2. The number of amides is 1. The molecule has 6 heteroatoms. The predicted octanol–water partition coefficient (Wildman–Crippen LogP) is 5.74. The molecule has 5 nitrogen and oxygen atoms in total. The average Bonchev–Trinajstić information content (AvgIpc) is 3.25. The summed E-state index contributed by atoms with van der Waals surface area (Å²) in [5.74, 6) is 1.97. The number of nitrogens with one attached hydrogen (secondary N) is 2. The molecule has 0 saturated heterocycles. The molecule has 0 unspecified atom stereocenters. The summed E-state index contributed by atoms with van der Waals surface area (Å²) in [7, 11) is 0. The van der Waals surface area contributed by atoms with Gasteiger partial charge in [-0.25, -0.2) is 4.39 Å². The van der Waals surface area contributed by atoms with Gasteiger partial charge in [0.2, 0.25) is 5.91 Å². The molecule has 4 bridgehead atoms. The van der Waals surface area contributed by atoms with Crippen LogP contribution < -0.4 is 5.32 Å². The number of carbonyl (C=O) groups excluding carboxylic acids is 1. The molecule has 32 heavy (non-hydrogen) atoms. The maximum atomic E-state index is 13.6. The second kappa shape index (κ2) is 7.19. The van der Waals surface area contributed by atoms with Gasteiger partial charge in [-0.3, -0.25) is 9.89 Å². The van der Waals surface area contributed by atoms with Gasteiger partial charge in [-0.15, -0.1) is 0 Å². The first-order valence-corrected chi connectivity index (χ1v) is 11.4. The molecule has 164 valence electrons. The van der Waals surface area contributed by atoms with Crippen LogP contribution in [0.5, 0.6) is 5.75 Å². The Bertz CT molecular complexity index is 1150. The molecular weight excluding hydrogens is 405 g/mol. The Balaban J connectivity index is 1.18. The quantitative estimate of drug-likeness (QED) is 0.493. The highest BCUT2D eigenvalue weighted by Gasteiger charge is 2.54. The molecule has 3 aromatic rings. The Kier molecular flexibility index (Phi) is 4.39. The van der Waals surface area contributed by atoms with E-state index in [1.54, 1.807) is 6.07 Å². The summed E-state index contributed by atoms with van der Waals surface area (Å²) in [4.78, 5) is 13.3. The predicted molar refractivity (Wildman–Crippen MR) is 120 cm³/mol. The zero-order chi connectivity index (χ0) is 21.9. The van der Waals surface area contributed by atoms with Crippen LogP contribution in [0.2, 0.25) is 0 Å². The van der Waals surface area contributed by atoms with Crippen molar-refractivity contribution in [1.29, 1.82) is 0 Å². The number of aromatic amines is 1. The average molecular weight is 432 g/mol. The molecule has 3 N–H and O–H groups in total. The van der Waals surface area contributed by atoms with E-state index >= 15 is 0 Å². The van der Waals surface area contributed by atoms with Crippen molar-refractivity contribution in [2.75, 3.05) is 5.32 Å². The van der Waals surface area contributed by atoms with E-state index in [9.17, 15) is 14.3 Å². The Hall–Kier alpha value is -3.15. The van der Waals surface area contributed by atoms with E-state index in [-0.39, 0.29) is 17.1 Å². The third kappa shape index (κ3) is 3.29. The Morgan fingerprint density at radius 2 is 1.66 bits per heavy atom. The zero-order valence-corrected chi connectivity index (χ0v) is 17.8. The zero-order valence-electron chi connectivity index (χ0n) is 17.8. The van der Waals surface area contributed by atoms with Crippen LogP contribution in [0.1, 0.15) is 38.5 Å². The van der Waals surface area contributed by atoms with E-state index in [1.165, 1.54) is 37.5 Å². The normalized spacial score (nSPS) is 28.1. The first-order valence-electron chi connectivity index (χ1n) is 11.4. The molecule has 4 fully saturated rings. The van der Waals surface area contributed by atoms with E-state index in [4.69, 9.17) is 0 Å². The molecular formula is C26H26FN3O2. The van der Waals surface area contributed by atoms with Crippen LogP contribution in [-0.4, -0.2) is 21.2 Å². The van der Waals surface area contributed by atoms with Gasteiger partial charge >= 0.3 is 0 Å². The third-order valence-electron chi connectivity index (χ3n) is 7.79. The number of phenols is 1. The Labute approximate surface area is 186 Å². The summed E-state index contributed by atoms with van der Waals surface area (Å²) in [5.41, 5.74) is 3.09. The summed E-state index contributed by atoms with van der Waals surface area (Å²) in [6.07, 6.45) is 7.10. The van der Waals surface area contributed by atoms with Crippen LogP contribution in [-0.2, 0) is 4.79 Å². The minimum Gasteiger partial charge on any atom is -0.507 e. The van der Waals surface area contributed by atoms with Crippen molar-refractivity contribution in [3.63, 3.8) is 0 Å². The van der Waals surface area contributed by atoms with Crippen LogP contribution in [0.15, 0.2) is 48.5 Å². The first kappa shape index (κ1) is 19.5. The summed E-state index contributed by atoms with van der Waals surface area (Å²) >= 11 is 0. The number of H-pyrrole nitrogens is 1. The van der Waals surface area contributed by atoms with E-state index in [1.807, 2.05) is 24.3 Å². The number of halogens is 1. The maximum absolute atomic E-state index is 13.6. The molecule has 2 aromatic carbocycles. The first-order chi connectivity index (χ1) is 15.5. The number of hydrogen-bond acceptors (Lipinski definition) is 3. The van der Waals surface area contributed by atoms with Crippen molar-refractivity contribution < 1.29 is 14.3 Å². The summed E-state index contributed by atoms with van der Waals surface area (Å²) in [5, 5.41) is 20.4. The van der Waals surface area contributed by atoms with Gasteiger partial charge in [-0.1, -0.05) is 12.1 Å². The van der Waals surface area contributed by atoms with E-state index in [2.05, 4.69) is 15.5 Å². The molecule has 0 spiro atoms. The molecule has 4 saturated carbocycles. The number of phenolic OH excluding ortho intramolecular Hbond substituents is 1. The highest BCUT2D eigenvalue weighted by Crippen LogP contribution is 2.60. The van der Waals surface area contributed by atoms with Crippen LogP contribution in [0.3, 0.4) is 0 Å². The van der Waals surface area contributed by atoms with E-state index in [0.29, 0.717) is 17.0 Å². The van der Waals surface area contributed by atoms with Crippen molar-refractivity contribution >= 4 is 11.6 Å². The van der Waals surface area contributed by atoms with Crippen LogP contribution >= 0.6 is 0 Å². The fourth-order valence-electron chi connectivity index (χ4n) is 6.71. The lowest BCUT2D eigenvalue weighted by Crippen LogP contribution is -2.51. The highest BCUT2D eigenvalue weighted by atomic mass is 19.1. The third-order valence-corrected chi connectivity index (χ3v) is 7.79. The Morgan fingerprint density at radius 3 is 2.31 bits per heavy atom. The number of aromatic hydroxyl groups is 1. The smallest absolute Gasteiger partial charge is 0.230 e. The lowest BCUT2D eigenvalue weighted by atomic mass is 9.49. The van der Waals surface area contributed by atoms with Crippen LogP contribution in [0.25, 0.3) is 22.5 Å². The highest BCUT2D eigenvalue weighted by molar-refractivity contribution is 5.96. The van der Waals surface area contributed by atoms with Gasteiger partial charge in [0.25, 0.3) is 0 Å². The fourth-order valence-corrected chi connectivity index (χ4v) is 6.71. The molecule has 1 amide bonds. The van der Waals surface area contributed by atoms with Gasteiger partial charge in [0.1, 0.15) is 11.6 Å². The molecule has 0 atom stereocenters. The molecule has 0 radical (unpaired) electrons. The van der Waals surface area contributed by atoms with Crippen molar-refractivity contribution in [3.05, 3.63) is 54.3 Å². The van der Waals surface area contributed by atoms with Crippen LogP contribution in [0, 0.1) is 29.0 Å². The van der Waals surface area contributed by atoms with Crippen LogP contribution in [0.4, 0.5) is 10.1 Å². The second-order valence-corrected chi connectivity index (χ2v) is 10.1. The van der Waals surface area contributed by atoms with Gasteiger partial charge in [0.15, 0.2) is 0 Å². The molecule has 0 aliphatic heterocycles. The van der Waals surface area contributed by atoms with Gasteiger partial charge in [-0.05, 0) is 92.7 Å². The maximum Gasteiger partial charge on any atom is 0.230 e. The van der Waals surface area contributed by atoms with Gasteiger partial charge in [-0.2, -0.15) is 5.10 Å². The number of aromatic nitrogens is 2. The summed E-state index contributed by atoms with van der Waals surface area (Å²) in [6.45, 7) is 0. The van der Waals surface area contributed by atoms with Crippen molar-refractivity contribution in [2.24, 2.45) is 23.2 Å². The SMILES string of the molecule is O=C(Nc1ccc(-c2cc(-c3cc(F)ccc3O)[nH]n2)cc1)C12CC3CC(CC(C3)C1)C2. The lowest BCUT2D eigenvalue weighted by molar-refractivity contribution is -0.140. The molecule has 4 aliphatic rings. The van der Waals surface area contributed by atoms with Crippen molar-refractivity contribution in [2.45, 2.75) is 38.5 Å². The second-order valence-electron chi connectivity index (χ2n) is 10.1. The topological polar surface area (TPSA) is 78.0 Å². The number of carbonyl (C=O) groups is 1. The van der Waals surface area contributed by atoms with Gasteiger partial charge in [0.05, 0.1) is 16.8 Å². The number of anilines is 1. The summed E-state index contributed by atoms with van der Waals surface area (Å²) < 4.78 is 13.6. The monoisotopic (exact) mass is 431 g/mol. The van der Waals surface area contributed by atoms with Gasteiger partial charge in [0, 0.05) is 16.8 Å². The summed E-state index contributed by atoms with van der Waals surface area (Å²) in [6, 6.07) is 13.2. The van der Waals surface area contributed by atoms with Crippen molar-refractivity contribution in [3.8, 4) is 28.3 Å². The van der Waals surface area contributed by atoms with Gasteiger partial charge < -0.3 is 10.4 Å². The Morgan fingerprint density at radius 1 is 1.00 bits per heavy atom. The minimum absolute atomic E-state index is 0.00987. The molecule has 7 rings (SSSR count). The number of rotatable bonds is 4.